The van der Waals surface area contributed by atoms with Gasteiger partial charge < -0.3 is 4.74 Å². The highest BCUT2D eigenvalue weighted by Crippen LogP contribution is 2.31. The summed E-state index contributed by atoms with van der Waals surface area (Å²) in [5.74, 6) is -0.805. The molecule has 0 aliphatic carbocycles. The van der Waals surface area contributed by atoms with Crippen molar-refractivity contribution in [2.45, 2.75) is 20.0 Å². The maximum Gasteiger partial charge on any atom is 0.433 e. The highest BCUT2D eigenvalue weighted by atomic mass is 19.4. The number of fused-ring (bicyclic) bond motifs is 1. The molecular formula is C17H16F3N3O2. The van der Waals surface area contributed by atoms with Crippen molar-refractivity contribution in [1.29, 1.82) is 0 Å². The van der Waals surface area contributed by atoms with Crippen molar-refractivity contribution in [2.24, 2.45) is 0 Å². The predicted molar refractivity (Wildman–Crippen MR) is 86.9 cm³/mol. The molecule has 0 N–H and O–H groups in total. The molecule has 132 valence electrons. The Balaban J connectivity index is 2.69. The molecule has 2 heterocycles. The average Bonchev–Trinajstić information content (AvgIpc) is 2.98. The molecule has 0 fully saturated rings. The van der Waals surface area contributed by atoms with E-state index in [-0.39, 0.29) is 23.6 Å². The number of allylic oxidation sites excluding steroid dienone is 5. The van der Waals surface area contributed by atoms with Crippen LogP contribution in [0.4, 0.5) is 13.2 Å². The van der Waals surface area contributed by atoms with Crippen LogP contribution in [0.3, 0.4) is 0 Å². The zero-order valence-corrected chi connectivity index (χ0v) is 13.7. The molecule has 2 rings (SSSR count). The van der Waals surface area contributed by atoms with Gasteiger partial charge in [0.1, 0.15) is 0 Å². The fourth-order valence-corrected chi connectivity index (χ4v) is 2.13. The van der Waals surface area contributed by atoms with E-state index in [1.165, 1.54) is 12.1 Å². The SMILES string of the molecule is C=C/C=C\C(=C/C)c1cc(C(F)(F)F)n2nc(C(=O)OCC)cc2n1. The van der Waals surface area contributed by atoms with Gasteiger partial charge in [0.05, 0.1) is 12.3 Å². The van der Waals surface area contributed by atoms with E-state index >= 15 is 0 Å². The Kier molecular flexibility index (Phi) is 5.41. The first-order valence-electron chi connectivity index (χ1n) is 7.42. The summed E-state index contributed by atoms with van der Waals surface area (Å²) < 4.78 is 45.6. The Morgan fingerprint density at radius 1 is 1.36 bits per heavy atom. The zero-order valence-electron chi connectivity index (χ0n) is 13.7. The van der Waals surface area contributed by atoms with Crippen LogP contribution in [0, 0.1) is 0 Å². The largest absolute Gasteiger partial charge is 0.461 e. The molecule has 5 nitrogen and oxygen atoms in total. The van der Waals surface area contributed by atoms with Crippen LogP contribution in [0.2, 0.25) is 0 Å². The standard InChI is InChI=1S/C17H16F3N3O2/c1-4-7-8-11(5-2)12-9-14(17(18,19)20)23-15(21-12)10-13(22-23)16(24)25-6-3/h4-5,7-10H,1,6H2,2-3H3/b8-7-,11-5+. The van der Waals surface area contributed by atoms with Crippen LogP contribution >= 0.6 is 0 Å². The second-order valence-corrected chi connectivity index (χ2v) is 4.88. The topological polar surface area (TPSA) is 56.5 Å². The van der Waals surface area contributed by atoms with Crippen molar-refractivity contribution >= 4 is 17.2 Å². The molecule has 0 amide bonds. The monoisotopic (exact) mass is 351 g/mol. The number of halogens is 3. The van der Waals surface area contributed by atoms with Crippen molar-refractivity contribution in [3.05, 3.63) is 60.1 Å². The second kappa shape index (κ2) is 7.33. The van der Waals surface area contributed by atoms with Gasteiger partial charge >= 0.3 is 12.1 Å². The molecule has 2 aromatic rings. The Bertz CT molecular complexity index is 864. The van der Waals surface area contributed by atoms with Gasteiger partial charge in [-0.1, -0.05) is 30.9 Å². The van der Waals surface area contributed by atoms with Crippen LogP contribution in [0.1, 0.15) is 35.7 Å². The number of rotatable bonds is 5. The average molecular weight is 351 g/mol. The van der Waals surface area contributed by atoms with Crippen LogP contribution in [0.15, 0.2) is 43.0 Å². The van der Waals surface area contributed by atoms with Crippen molar-refractivity contribution in [1.82, 2.24) is 14.6 Å². The van der Waals surface area contributed by atoms with E-state index in [1.807, 2.05) is 0 Å². The van der Waals surface area contributed by atoms with E-state index in [4.69, 9.17) is 4.74 Å². The molecule has 8 heteroatoms. The lowest BCUT2D eigenvalue weighted by molar-refractivity contribution is -0.142. The molecule has 25 heavy (non-hydrogen) atoms. The smallest absolute Gasteiger partial charge is 0.433 e. The Hall–Kier alpha value is -2.90. The maximum absolute atomic E-state index is 13.4. The van der Waals surface area contributed by atoms with Gasteiger partial charge in [-0.3, -0.25) is 0 Å². The molecule has 0 saturated carbocycles. The summed E-state index contributed by atoms with van der Waals surface area (Å²) >= 11 is 0. The number of carbonyl (C=O) groups is 1. The van der Waals surface area contributed by atoms with Crippen molar-refractivity contribution in [3.63, 3.8) is 0 Å². The van der Waals surface area contributed by atoms with Gasteiger partial charge in [-0.25, -0.2) is 14.3 Å². The molecule has 0 aliphatic heterocycles. The van der Waals surface area contributed by atoms with E-state index in [0.717, 1.165) is 6.07 Å². The quantitative estimate of drug-likeness (QED) is 0.602. The summed E-state index contributed by atoms with van der Waals surface area (Å²) in [6, 6.07) is 2.05. The van der Waals surface area contributed by atoms with Crippen molar-refractivity contribution < 1.29 is 22.7 Å². The Labute approximate surface area is 142 Å². The van der Waals surface area contributed by atoms with Gasteiger partial charge in [0.25, 0.3) is 0 Å². The second-order valence-electron chi connectivity index (χ2n) is 4.88. The minimum atomic E-state index is -4.67. The third-order valence-electron chi connectivity index (χ3n) is 3.22. The van der Waals surface area contributed by atoms with Crippen LogP contribution in [-0.4, -0.2) is 27.2 Å². The minimum Gasteiger partial charge on any atom is -0.461 e. The third kappa shape index (κ3) is 3.96. The van der Waals surface area contributed by atoms with Crippen LogP contribution < -0.4 is 0 Å². The number of esters is 1. The maximum atomic E-state index is 13.4. The fraction of sp³-hybridized carbons (Fsp3) is 0.235. The Morgan fingerprint density at radius 2 is 2.08 bits per heavy atom. The number of ether oxygens (including phenoxy) is 1. The van der Waals surface area contributed by atoms with E-state index < -0.39 is 17.8 Å². The lowest BCUT2D eigenvalue weighted by Crippen LogP contribution is -2.15. The van der Waals surface area contributed by atoms with Gasteiger partial charge in [-0.15, -0.1) is 0 Å². The molecule has 0 aromatic carbocycles. The van der Waals surface area contributed by atoms with Gasteiger partial charge in [-0.05, 0) is 25.5 Å². The first-order valence-corrected chi connectivity index (χ1v) is 7.42. The number of alkyl halides is 3. The number of nitrogens with zero attached hydrogens (tertiary/aromatic N) is 3. The van der Waals surface area contributed by atoms with Crippen molar-refractivity contribution in [2.75, 3.05) is 6.61 Å². The summed E-state index contributed by atoms with van der Waals surface area (Å²) in [7, 11) is 0. The molecule has 0 atom stereocenters. The lowest BCUT2D eigenvalue weighted by atomic mass is 10.1. The van der Waals surface area contributed by atoms with Crippen LogP contribution in [-0.2, 0) is 10.9 Å². The first-order chi connectivity index (χ1) is 11.8. The molecule has 2 aromatic heterocycles. The van der Waals surface area contributed by atoms with E-state index in [0.29, 0.717) is 10.1 Å². The highest BCUT2D eigenvalue weighted by Gasteiger charge is 2.35. The molecule has 0 aliphatic rings. The fourth-order valence-electron chi connectivity index (χ4n) is 2.13. The van der Waals surface area contributed by atoms with Gasteiger partial charge in [0.15, 0.2) is 17.0 Å². The summed E-state index contributed by atoms with van der Waals surface area (Å²) in [5.41, 5.74) is -0.781. The Morgan fingerprint density at radius 3 is 2.64 bits per heavy atom. The predicted octanol–water partition coefficient (Wildman–Crippen LogP) is 4.07. The molecule has 0 spiro atoms. The summed E-state index contributed by atoms with van der Waals surface area (Å²) in [6.45, 7) is 6.89. The normalized spacial score (nSPS) is 12.8. The number of hydrogen-bond donors (Lipinski definition) is 0. The van der Waals surface area contributed by atoms with E-state index in [2.05, 4.69) is 16.7 Å². The number of hydrogen-bond acceptors (Lipinski definition) is 4. The van der Waals surface area contributed by atoms with Crippen LogP contribution in [0.5, 0.6) is 0 Å². The van der Waals surface area contributed by atoms with Crippen molar-refractivity contribution in [3.8, 4) is 0 Å². The lowest BCUT2D eigenvalue weighted by Gasteiger charge is -2.11. The summed E-state index contributed by atoms with van der Waals surface area (Å²) in [4.78, 5) is 15.9. The van der Waals surface area contributed by atoms with Gasteiger partial charge in [-0.2, -0.15) is 18.3 Å². The molecular weight excluding hydrogens is 335 g/mol. The molecule has 0 unspecified atom stereocenters. The highest BCUT2D eigenvalue weighted by molar-refractivity contribution is 5.88. The van der Waals surface area contributed by atoms with Gasteiger partial charge in [0.2, 0.25) is 0 Å². The van der Waals surface area contributed by atoms with E-state index in [1.54, 1.807) is 32.1 Å². The molecule has 0 radical (unpaired) electrons. The number of carbonyl (C=O) groups excluding carboxylic acids is 1. The van der Waals surface area contributed by atoms with E-state index in [9.17, 15) is 18.0 Å². The van der Waals surface area contributed by atoms with Crippen LogP contribution in [0.25, 0.3) is 11.2 Å². The summed E-state index contributed by atoms with van der Waals surface area (Å²) in [5, 5.41) is 3.69. The van der Waals surface area contributed by atoms with Gasteiger partial charge in [0, 0.05) is 6.07 Å². The molecule has 0 bridgehead atoms. The number of aromatic nitrogens is 3. The minimum absolute atomic E-state index is 0.0899. The summed E-state index contributed by atoms with van der Waals surface area (Å²) in [6.07, 6.45) is 1.64. The zero-order chi connectivity index (χ0) is 18.6. The first kappa shape index (κ1) is 18.4. The molecule has 0 saturated heterocycles. The third-order valence-corrected chi connectivity index (χ3v) is 3.22.